The van der Waals surface area contributed by atoms with Crippen LogP contribution in [-0.4, -0.2) is 60.2 Å². The molecule has 0 saturated carbocycles. The van der Waals surface area contributed by atoms with Gasteiger partial charge >= 0.3 is 0 Å². The maximum atomic E-state index is 12.3. The van der Waals surface area contributed by atoms with Gasteiger partial charge in [0.25, 0.3) is 0 Å². The number of nitrogens with one attached hydrogen (secondary N) is 2. The number of anilines is 1. The van der Waals surface area contributed by atoms with Crippen molar-refractivity contribution in [2.75, 3.05) is 38.6 Å². The number of nitrogens with zero attached hydrogens (tertiary/aromatic N) is 3. The van der Waals surface area contributed by atoms with Crippen LogP contribution in [0.3, 0.4) is 0 Å². The van der Waals surface area contributed by atoms with Crippen molar-refractivity contribution in [3.8, 4) is 11.8 Å². The summed E-state index contributed by atoms with van der Waals surface area (Å²) in [6.07, 6.45) is 2.87. The van der Waals surface area contributed by atoms with Crippen LogP contribution in [0.4, 0.5) is 5.69 Å². The number of nitriles is 1. The Morgan fingerprint density at radius 2 is 2.06 bits per heavy atom. The molecule has 3 N–H and O–H groups in total. The van der Waals surface area contributed by atoms with Gasteiger partial charge in [0.1, 0.15) is 11.8 Å². The fourth-order valence-electron chi connectivity index (χ4n) is 4.35. The van der Waals surface area contributed by atoms with Crippen molar-refractivity contribution in [3.63, 3.8) is 0 Å². The van der Waals surface area contributed by atoms with Crippen molar-refractivity contribution in [3.05, 3.63) is 65.9 Å². The maximum absolute atomic E-state index is 12.3. The Balaban J connectivity index is 1.26. The number of β-amino-alcohol motifs (C(OH)–C–C–N with tert-alkyl or cyclic N) is 1. The molecule has 1 fully saturated rings. The molecule has 3 aromatic rings. The van der Waals surface area contributed by atoms with Gasteiger partial charge in [-0.2, -0.15) is 5.26 Å². The van der Waals surface area contributed by atoms with E-state index < -0.39 is 6.10 Å². The van der Waals surface area contributed by atoms with Gasteiger partial charge in [-0.25, -0.2) is 0 Å². The lowest BCUT2D eigenvalue weighted by molar-refractivity contribution is -0.115. The third kappa shape index (κ3) is 5.69. The van der Waals surface area contributed by atoms with Crippen molar-refractivity contribution in [2.45, 2.75) is 25.0 Å². The van der Waals surface area contributed by atoms with Crippen molar-refractivity contribution in [1.29, 1.82) is 5.26 Å². The molecule has 1 aromatic heterocycles. The minimum absolute atomic E-state index is 0.166. The molecule has 1 aliphatic rings. The number of methoxy groups -OCH3 is 1. The third-order valence-corrected chi connectivity index (χ3v) is 6.23. The fraction of sp³-hybridized carbons (Fsp3) is 0.346. The first kappa shape index (κ1) is 23.6. The number of aliphatic hydroxyl groups excluding tert-OH is 1. The predicted molar refractivity (Wildman–Crippen MR) is 131 cm³/mol. The highest BCUT2D eigenvalue weighted by Crippen LogP contribution is 2.27. The second-order valence-corrected chi connectivity index (χ2v) is 8.46. The lowest BCUT2D eigenvalue weighted by Crippen LogP contribution is -2.45. The number of carbonyl (C=O) groups excluding carboxylic acids is 1. The molecule has 2 aromatic carbocycles. The summed E-state index contributed by atoms with van der Waals surface area (Å²) in [5, 5.41) is 27.1. The van der Waals surface area contributed by atoms with Crippen molar-refractivity contribution in [2.24, 2.45) is 0 Å². The number of carbonyl (C=O) groups is 1. The number of aliphatic hydroxyl groups is 1. The number of amides is 1. The zero-order chi connectivity index (χ0) is 23.9. The molecule has 0 radical (unpaired) electrons. The molecule has 8 nitrogen and oxygen atoms in total. The number of benzene rings is 2. The van der Waals surface area contributed by atoms with Crippen molar-refractivity contribution in [1.82, 2.24) is 15.2 Å². The molecule has 1 atom stereocenters. The first-order valence-electron chi connectivity index (χ1n) is 11.4. The van der Waals surface area contributed by atoms with E-state index in [1.165, 1.54) is 0 Å². The van der Waals surface area contributed by atoms with Gasteiger partial charge in [0.15, 0.2) is 0 Å². The summed E-state index contributed by atoms with van der Waals surface area (Å²) in [4.78, 5) is 18.9. The molecule has 2 heterocycles. The van der Waals surface area contributed by atoms with Crippen molar-refractivity contribution < 1.29 is 14.6 Å². The van der Waals surface area contributed by atoms with E-state index in [0.29, 0.717) is 17.8 Å². The molecule has 176 valence electrons. The first-order chi connectivity index (χ1) is 16.6. The van der Waals surface area contributed by atoms with Crippen LogP contribution in [0.2, 0.25) is 0 Å². The highest BCUT2D eigenvalue weighted by Gasteiger charge is 2.23. The monoisotopic (exact) mass is 459 g/mol. The van der Waals surface area contributed by atoms with Gasteiger partial charge in [0, 0.05) is 24.2 Å². The van der Waals surface area contributed by atoms with E-state index in [-0.39, 0.29) is 18.5 Å². The molecular formula is C26H29N5O3. The Labute approximate surface area is 199 Å². The summed E-state index contributed by atoms with van der Waals surface area (Å²) in [7, 11) is 1.63. The van der Waals surface area contributed by atoms with E-state index in [9.17, 15) is 9.90 Å². The van der Waals surface area contributed by atoms with E-state index in [4.69, 9.17) is 10.00 Å². The van der Waals surface area contributed by atoms with Crippen LogP contribution < -0.4 is 15.4 Å². The number of hydrogen-bond acceptors (Lipinski definition) is 7. The summed E-state index contributed by atoms with van der Waals surface area (Å²) in [6.45, 7) is 2.40. The summed E-state index contributed by atoms with van der Waals surface area (Å²) in [5.74, 6) is 0.571. The van der Waals surface area contributed by atoms with Gasteiger partial charge in [-0.05, 0) is 67.9 Å². The third-order valence-electron chi connectivity index (χ3n) is 6.23. The molecule has 0 aliphatic carbocycles. The Morgan fingerprint density at radius 3 is 2.82 bits per heavy atom. The number of likely N-dealkylation sites (tertiary alicyclic amines) is 1. The van der Waals surface area contributed by atoms with E-state index >= 15 is 0 Å². The fourth-order valence-corrected chi connectivity index (χ4v) is 4.35. The minimum Gasteiger partial charge on any atom is -0.497 e. The molecule has 0 bridgehead atoms. The van der Waals surface area contributed by atoms with Gasteiger partial charge in [0.2, 0.25) is 5.91 Å². The second kappa shape index (κ2) is 11.1. The molecule has 4 rings (SSSR count). The van der Waals surface area contributed by atoms with Crippen LogP contribution in [0.25, 0.3) is 10.9 Å². The molecular weight excluding hydrogens is 430 g/mol. The predicted octanol–water partition coefficient (Wildman–Crippen LogP) is 2.84. The first-order valence-corrected chi connectivity index (χ1v) is 11.4. The zero-order valence-electron chi connectivity index (χ0n) is 19.2. The lowest BCUT2D eigenvalue weighted by atomic mass is 10.0. The van der Waals surface area contributed by atoms with E-state index in [2.05, 4.69) is 26.6 Å². The molecule has 1 amide bonds. The van der Waals surface area contributed by atoms with Crippen LogP contribution in [0.15, 0.2) is 54.7 Å². The largest absolute Gasteiger partial charge is 0.497 e. The van der Waals surface area contributed by atoms with E-state index in [1.54, 1.807) is 37.6 Å². The Hall–Kier alpha value is -3.51. The lowest BCUT2D eigenvalue weighted by Gasteiger charge is -2.33. The molecule has 1 unspecified atom stereocenters. The Kier molecular flexibility index (Phi) is 7.70. The zero-order valence-corrected chi connectivity index (χ0v) is 19.2. The number of piperidine rings is 1. The Bertz CT molecular complexity index is 1180. The summed E-state index contributed by atoms with van der Waals surface area (Å²) in [5.41, 5.74) is 2.65. The standard InChI is InChI=1S/C26H29N5O3/c1-34-20-6-7-24-22(14-20)21(8-11-28-24)25(32)17-31-12-9-19(10-13-31)29-16-26(33)30-23-5-3-2-4-18(23)15-27/h2-8,11,14,19,25,29,32H,9-10,12-13,16-17H2,1H3,(H,30,33). The molecule has 8 heteroatoms. The maximum Gasteiger partial charge on any atom is 0.238 e. The molecule has 34 heavy (non-hydrogen) atoms. The summed E-state index contributed by atoms with van der Waals surface area (Å²) >= 11 is 0. The molecule has 1 saturated heterocycles. The highest BCUT2D eigenvalue weighted by atomic mass is 16.5. The van der Waals surface area contributed by atoms with Gasteiger partial charge in [-0.3, -0.25) is 9.78 Å². The minimum atomic E-state index is -0.631. The van der Waals surface area contributed by atoms with Gasteiger partial charge in [-0.1, -0.05) is 12.1 Å². The SMILES string of the molecule is COc1ccc2nccc(C(O)CN3CCC(NCC(=O)Nc4ccccc4C#N)CC3)c2c1. The van der Waals surface area contributed by atoms with Gasteiger partial charge in [-0.15, -0.1) is 0 Å². The van der Waals surface area contributed by atoms with Crippen LogP contribution in [0, 0.1) is 11.3 Å². The van der Waals surface area contributed by atoms with Crippen LogP contribution in [0.5, 0.6) is 5.75 Å². The highest BCUT2D eigenvalue weighted by molar-refractivity contribution is 5.93. The van der Waals surface area contributed by atoms with E-state index in [1.807, 2.05) is 24.3 Å². The number of fused-ring (bicyclic) bond motifs is 1. The summed E-state index contributed by atoms with van der Waals surface area (Å²) < 4.78 is 5.33. The number of para-hydroxylation sites is 1. The molecule has 1 aliphatic heterocycles. The normalized spacial score (nSPS) is 15.6. The van der Waals surface area contributed by atoms with Crippen LogP contribution in [-0.2, 0) is 4.79 Å². The van der Waals surface area contributed by atoms with Crippen LogP contribution >= 0.6 is 0 Å². The smallest absolute Gasteiger partial charge is 0.238 e. The van der Waals surface area contributed by atoms with Crippen molar-refractivity contribution >= 4 is 22.5 Å². The average Bonchev–Trinajstić information content (AvgIpc) is 2.87. The average molecular weight is 460 g/mol. The quantitative estimate of drug-likeness (QED) is 0.475. The second-order valence-electron chi connectivity index (χ2n) is 8.46. The molecule has 0 spiro atoms. The summed E-state index contributed by atoms with van der Waals surface area (Å²) in [6, 6.07) is 16.8. The number of rotatable bonds is 8. The number of ether oxygens (including phenoxy) is 1. The number of hydrogen-bond donors (Lipinski definition) is 3. The van der Waals surface area contributed by atoms with Crippen LogP contribution in [0.1, 0.15) is 30.1 Å². The van der Waals surface area contributed by atoms with Gasteiger partial charge in [0.05, 0.1) is 36.5 Å². The van der Waals surface area contributed by atoms with E-state index in [0.717, 1.165) is 48.1 Å². The van der Waals surface area contributed by atoms with Gasteiger partial charge < -0.3 is 25.4 Å². The number of pyridine rings is 1. The Morgan fingerprint density at radius 1 is 1.26 bits per heavy atom. The topological polar surface area (TPSA) is 111 Å². The number of aromatic nitrogens is 1.